The first-order valence-corrected chi connectivity index (χ1v) is 11.1. The van der Waals surface area contributed by atoms with E-state index in [1.54, 1.807) is 0 Å². The van der Waals surface area contributed by atoms with Gasteiger partial charge in [-0.15, -0.1) is 0 Å². The average molecular weight is 542 g/mol. The number of anilines is 1. The fourth-order valence-corrected chi connectivity index (χ4v) is 4.69. The van der Waals surface area contributed by atoms with Gasteiger partial charge >= 0.3 is 6.18 Å². The molecule has 1 atom stereocenters. The van der Waals surface area contributed by atoms with E-state index in [1.807, 2.05) is 24.3 Å². The van der Waals surface area contributed by atoms with Gasteiger partial charge in [0.05, 0.1) is 17.2 Å². The molecule has 0 bridgehead atoms. The summed E-state index contributed by atoms with van der Waals surface area (Å²) in [6.07, 6.45) is -0.496. The smallest absolute Gasteiger partial charge is 0.379 e. The zero-order valence-electron chi connectivity index (χ0n) is 16.7. The molecule has 0 aromatic heterocycles. The Labute approximate surface area is 192 Å². The third kappa shape index (κ3) is 5.39. The second-order valence-electron chi connectivity index (χ2n) is 7.85. The number of carbonyl (C=O) groups excluding carboxylic acids is 1. The SMILES string of the molecule is N#Cc1ccc(NC(=O)C(O)(Cc2ccccc2I)C2CCCCC2)cc1C(F)(F)F. The molecule has 31 heavy (non-hydrogen) atoms. The fourth-order valence-electron chi connectivity index (χ4n) is 4.12. The summed E-state index contributed by atoms with van der Waals surface area (Å²) in [7, 11) is 0. The van der Waals surface area contributed by atoms with E-state index in [-0.39, 0.29) is 18.0 Å². The molecule has 1 aliphatic carbocycles. The fraction of sp³-hybridized carbons (Fsp3) is 0.391. The van der Waals surface area contributed by atoms with Crippen LogP contribution in [0.15, 0.2) is 42.5 Å². The predicted octanol–water partition coefficient (Wildman–Crippen LogP) is 5.67. The number of aliphatic hydroxyl groups is 1. The maximum Gasteiger partial charge on any atom is 0.417 e. The maximum absolute atomic E-state index is 13.3. The van der Waals surface area contributed by atoms with Crippen molar-refractivity contribution in [1.29, 1.82) is 5.26 Å². The van der Waals surface area contributed by atoms with Crippen molar-refractivity contribution in [2.75, 3.05) is 5.32 Å². The Morgan fingerprint density at radius 3 is 2.45 bits per heavy atom. The van der Waals surface area contributed by atoms with Crippen LogP contribution in [-0.4, -0.2) is 16.6 Å². The van der Waals surface area contributed by atoms with Crippen molar-refractivity contribution in [2.24, 2.45) is 5.92 Å². The van der Waals surface area contributed by atoms with Gasteiger partial charge in [-0.05, 0) is 71.2 Å². The van der Waals surface area contributed by atoms with E-state index in [9.17, 15) is 23.1 Å². The van der Waals surface area contributed by atoms with E-state index < -0.39 is 28.8 Å². The largest absolute Gasteiger partial charge is 0.417 e. The van der Waals surface area contributed by atoms with E-state index >= 15 is 0 Å². The molecule has 2 aromatic carbocycles. The molecule has 1 fully saturated rings. The highest BCUT2D eigenvalue weighted by Gasteiger charge is 2.44. The number of hydrogen-bond donors (Lipinski definition) is 2. The normalized spacial score (nSPS) is 16.9. The second-order valence-corrected chi connectivity index (χ2v) is 9.01. The zero-order valence-corrected chi connectivity index (χ0v) is 18.8. The molecule has 1 saturated carbocycles. The lowest BCUT2D eigenvalue weighted by molar-refractivity contribution is -0.142. The van der Waals surface area contributed by atoms with E-state index in [4.69, 9.17) is 5.26 Å². The summed E-state index contributed by atoms with van der Waals surface area (Å²) in [6, 6.07) is 11.9. The molecule has 2 N–H and O–H groups in total. The molecule has 2 aromatic rings. The zero-order chi connectivity index (χ0) is 22.6. The minimum atomic E-state index is -4.73. The van der Waals surface area contributed by atoms with Crippen LogP contribution >= 0.6 is 22.6 Å². The van der Waals surface area contributed by atoms with E-state index in [1.165, 1.54) is 12.1 Å². The Bertz CT molecular complexity index is 997. The van der Waals surface area contributed by atoms with Crippen LogP contribution in [0, 0.1) is 20.8 Å². The molecule has 3 rings (SSSR count). The molecule has 0 spiro atoms. The standard InChI is InChI=1S/C23H22F3IN2O2/c24-23(25,26)19-12-18(11-10-16(19)14-28)29-21(30)22(31,17-7-2-1-3-8-17)13-15-6-4-5-9-20(15)27/h4-6,9-12,17,31H,1-3,7-8,13H2,(H,29,30). The van der Waals surface area contributed by atoms with E-state index in [2.05, 4.69) is 27.9 Å². The Hall–Kier alpha value is -2.12. The molecule has 1 unspecified atom stereocenters. The number of carbonyl (C=O) groups is 1. The van der Waals surface area contributed by atoms with Crippen molar-refractivity contribution in [1.82, 2.24) is 0 Å². The van der Waals surface area contributed by atoms with Crippen molar-refractivity contribution in [3.05, 3.63) is 62.7 Å². The molecule has 0 heterocycles. The minimum Gasteiger partial charge on any atom is -0.379 e. The van der Waals surface area contributed by atoms with Crippen LogP contribution in [-0.2, 0) is 17.4 Å². The van der Waals surface area contributed by atoms with Crippen LogP contribution in [0.4, 0.5) is 18.9 Å². The van der Waals surface area contributed by atoms with Crippen molar-refractivity contribution in [3.63, 3.8) is 0 Å². The first-order chi connectivity index (χ1) is 14.6. The van der Waals surface area contributed by atoms with Crippen LogP contribution in [0.5, 0.6) is 0 Å². The second kappa shape index (κ2) is 9.57. The van der Waals surface area contributed by atoms with Gasteiger partial charge in [-0.1, -0.05) is 37.5 Å². The van der Waals surface area contributed by atoms with Crippen LogP contribution in [0.3, 0.4) is 0 Å². The average Bonchev–Trinajstić information content (AvgIpc) is 2.75. The number of benzene rings is 2. The van der Waals surface area contributed by atoms with Gasteiger partial charge in [0.25, 0.3) is 5.91 Å². The van der Waals surface area contributed by atoms with Gasteiger partial charge in [-0.2, -0.15) is 18.4 Å². The number of nitriles is 1. The first-order valence-electron chi connectivity index (χ1n) is 10.0. The van der Waals surface area contributed by atoms with Crippen LogP contribution < -0.4 is 5.32 Å². The van der Waals surface area contributed by atoms with Gasteiger partial charge < -0.3 is 10.4 Å². The van der Waals surface area contributed by atoms with E-state index in [0.717, 1.165) is 40.5 Å². The Kier molecular flexibility index (Phi) is 7.27. The van der Waals surface area contributed by atoms with Gasteiger partial charge in [0.2, 0.25) is 0 Å². The lowest BCUT2D eigenvalue weighted by atomic mass is 9.73. The lowest BCUT2D eigenvalue weighted by Gasteiger charge is -2.37. The van der Waals surface area contributed by atoms with Crippen LogP contribution in [0.25, 0.3) is 0 Å². The predicted molar refractivity (Wildman–Crippen MR) is 119 cm³/mol. The Balaban J connectivity index is 1.94. The van der Waals surface area contributed by atoms with Crippen molar-refractivity contribution in [2.45, 2.75) is 50.3 Å². The molecule has 0 aliphatic heterocycles. The molecular weight excluding hydrogens is 520 g/mol. The van der Waals surface area contributed by atoms with Crippen LogP contribution in [0.1, 0.15) is 48.8 Å². The highest BCUT2D eigenvalue weighted by atomic mass is 127. The third-order valence-electron chi connectivity index (χ3n) is 5.79. The summed E-state index contributed by atoms with van der Waals surface area (Å²) in [6.45, 7) is 0. The summed E-state index contributed by atoms with van der Waals surface area (Å²) in [5.74, 6) is -1.02. The van der Waals surface area contributed by atoms with Crippen molar-refractivity contribution in [3.8, 4) is 6.07 Å². The quantitative estimate of drug-likeness (QED) is 0.478. The Morgan fingerprint density at radius 2 is 1.84 bits per heavy atom. The lowest BCUT2D eigenvalue weighted by Crippen LogP contribution is -2.51. The van der Waals surface area contributed by atoms with Gasteiger partial charge in [-0.25, -0.2) is 0 Å². The number of nitrogens with one attached hydrogen (secondary N) is 1. The highest BCUT2D eigenvalue weighted by molar-refractivity contribution is 14.1. The number of alkyl halides is 3. The number of amides is 1. The summed E-state index contributed by atoms with van der Waals surface area (Å²) in [4.78, 5) is 13.3. The van der Waals surface area contributed by atoms with Crippen molar-refractivity contribution >= 4 is 34.2 Å². The highest BCUT2D eigenvalue weighted by Crippen LogP contribution is 2.38. The van der Waals surface area contributed by atoms with Crippen LogP contribution in [0.2, 0.25) is 0 Å². The number of rotatable bonds is 5. The molecular formula is C23H22F3IN2O2. The van der Waals surface area contributed by atoms with Gasteiger partial charge in [0.15, 0.2) is 0 Å². The number of halogens is 4. The number of hydrogen-bond acceptors (Lipinski definition) is 3. The molecule has 0 radical (unpaired) electrons. The van der Waals surface area contributed by atoms with E-state index in [0.29, 0.717) is 12.8 Å². The van der Waals surface area contributed by atoms with Crippen molar-refractivity contribution < 1.29 is 23.1 Å². The molecule has 164 valence electrons. The van der Waals surface area contributed by atoms with Gasteiger partial charge in [0.1, 0.15) is 5.60 Å². The minimum absolute atomic E-state index is 0.0744. The monoisotopic (exact) mass is 542 g/mol. The summed E-state index contributed by atoms with van der Waals surface area (Å²) in [5.41, 5.74) is -2.69. The molecule has 4 nitrogen and oxygen atoms in total. The topological polar surface area (TPSA) is 73.1 Å². The summed E-state index contributed by atoms with van der Waals surface area (Å²) < 4.78 is 40.8. The Morgan fingerprint density at radius 1 is 1.16 bits per heavy atom. The molecule has 1 amide bonds. The molecule has 8 heteroatoms. The summed E-state index contributed by atoms with van der Waals surface area (Å²) >= 11 is 2.14. The summed E-state index contributed by atoms with van der Waals surface area (Å²) in [5, 5.41) is 23.0. The third-order valence-corrected chi connectivity index (χ3v) is 6.85. The first kappa shape index (κ1) is 23.5. The number of nitrogens with zero attached hydrogens (tertiary/aromatic N) is 1. The maximum atomic E-state index is 13.3. The molecule has 0 saturated heterocycles. The van der Waals surface area contributed by atoms with Gasteiger partial charge in [-0.3, -0.25) is 4.79 Å². The van der Waals surface area contributed by atoms with Gasteiger partial charge in [0, 0.05) is 15.7 Å². The molecule has 1 aliphatic rings.